The van der Waals surface area contributed by atoms with Gasteiger partial charge in [0, 0.05) is 6.54 Å². The maximum atomic E-state index is 9.79. The number of rotatable bonds is 8. The average Bonchev–Trinajstić information content (AvgIpc) is 2.87. The maximum Gasteiger partial charge on any atom is 0.119 e. The standard InChI is InChI=1S/C31H30N2O/c1-3-4-5-6-9-18-34-26-15-17-28-24(19-26)13-12-22(2)30(28)31-27-11-8-7-10-23(27)14-16-29(31)25(20-32)21-33/h3,7-8,10-17,19H,1-2,4-6,9,18,20,32H2/b29-25+,31-30+. The van der Waals surface area contributed by atoms with Gasteiger partial charge in [-0.1, -0.05) is 67.3 Å². The molecule has 0 aliphatic heterocycles. The number of nitriles is 1. The Hall–Kier alpha value is -3.87. The van der Waals surface area contributed by atoms with Crippen molar-refractivity contribution in [3.8, 4) is 11.8 Å². The summed E-state index contributed by atoms with van der Waals surface area (Å²) in [6.45, 7) is 9.01. The highest BCUT2D eigenvalue weighted by atomic mass is 16.5. The number of ether oxygens (including phenoxy) is 1. The van der Waals surface area contributed by atoms with E-state index >= 15 is 0 Å². The molecule has 0 bridgehead atoms. The Morgan fingerprint density at radius 3 is 2.50 bits per heavy atom. The minimum Gasteiger partial charge on any atom is -0.494 e. The first-order valence-electron chi connectivity index (χ1n) is 11.8. The Bertz CT molecular complexity index is 1600. The van der Waals surface area contributed by atoms with Gasteiger partial charge in [0.25, 0.3) is 0 Å². The molecule has 0 aliphatic carbocycles. The van der Waals surface area contributed by atoms with Gasteiger partial charge < -0.3 is 10.5 Å². The van der Waals surface area contributed by atoms with E-state index in [0.717, 1.165) is 73.9 Å². The molecule has 0 saturated carbocycles. The third-order valence-electron chi connectivity index (χ3n) is 6.24. The Labute approximate surface area is 200 Å². The maximum absolute atomic E-state index is 9.79. The normalized spacial score (nSPS) is 12.9. The number of hydrogen-bond acceptors (Lipinski definition) is 3. The molecule has 0 fully saturated rings. The quantitative estimate of drug-likeness (QED) is 0.289. The first kappa shape index (κ1) is 23.3. The summed E-state index contributed by atoms with van der Waals surface area (Å²) in [5, 5.41) is 18.0. The van der Waals surface area contributed by atoms with Crippen molar-refractivity contribution in [2.75, 3.05) is 13.2 Å². The smallest absolute Gasteiger partial charge is 0.119 e. The number of unbranched alkanes of at least 4 members (excludes halogenated alkanes) is 3. The van der Waals surface area contributed by atoms with E-state index in [1.807, 2.05) is 36.4 Å². The zero-order chi connectivity index (χ0) is 23.9. The van der Waals surface area contributed by atoms with Crippen LogP contribution in [-0.4, -0.2) is 13.2 Å². The summed E-state index contributed by atoms with van der Waals surface area (Å²) in [6, 6.07) is 24.9. The fourth-order valence-electron chi connectivity index (χ4n) is 4.50. The summed E-state index contributed by atoms with van der Waals surface area (Å²) < 4.78 is 6.03. The second-order valence-electron chi connectivity index (χ2n) is 8.47. The zero-order valence-electron chi connectivity index (χ0n) is 19.5. The van der Waals surface area contributed by atoms with Crippen molar-refractivity contribution in [1.82, 2.24) is 0 Å². The molecule has 4 aromatic carbocycles. The molecule has 0 spiro atoms. The lowest BCUT2D eigenvalue weighted by Crippen LogP contribution is -2.17. The van der Waals surface area contributed by atoms with Crippen LogP contribution in [0.25, 0.3) is 33.7 Å². The third kappa shape index (κ3) is 4.73. The summed E-state index contributed by atoms with van der Waals surface area (Å²) >= 11 is 0. The molecular weight excluding hydrogens is 416 g/mol. The van der Waals surface area contributed by atoms with Crippen molar-refractivity contribution >= 4 is 33.7 Å². The summed E-state index contributed by atoms with van der Waals surface area (Å²) in [7, 11) is 0. The fraction of sp³-hybridized carbons (Fsp3) is 0.194. The van der Waals surface area contributed by atoms with Crippen LogP contribution in [0.2, 0.25) is 0 Å². The van der Waals surface area contributed by atoms with E-state index in [9.17, 15) is 5.26 Å². The van der Waals surface area contributed by atoms with Crippen molar-refractivity contribution in [2.45, 2.75) is 25.7 Å². The molecule has 4 aromatic rings. The van der Waals surface area contributed by atoms with Gasteiger partial charge in [0.1, 0.15) is 5.75 Å². The Kier molecular flexibility index (Phi) is 7.42. The minimum atomic E-state index is 0.184. The van der Waals surface area contributed by atoms with Crippen LogP contribution in [0.5, 0.6) is 5.75 Å². The van der Waals surface area contributed by atoms with E-state index in [1.54, 1.807) is 0 Å². The van der Waals surface area contributed by atoms with Crippen LogP contribution in [0.4, 0.5) is 0 Å². The van der Waals surface area contributed by atoms with E-state index < -0.39 is 0 Å². The predicted octanol–water partition coefficient (Wildman–Crippen LogP) is 5.45. The minimum absolute atomic E-state index is 0.184. The lowest BCUT2D eigenvalue weighted by molar-refractivity contribution is 0.306. The summed E-state index contributed by atoms with van der Waals surface area (Å²) in [6.07, 6.45) is 6.33. The van der Waals surface area contributed by atoms with Gasteiger partial charge in [-0.15, -0.1) is 6.58 Å². The predicted molar refractivity (Wildman–Crippen MR) is 143 cm³/mol. The van der Waals surface area contributed by atoms with Crippen molar-refractivity contribution in [3.63, 3.8) is 0 Å². The molecule has 3 heteroatoms. The van der Waals surface area contributed by atoms with Crippen molar-refractivity contribution in [3.05, 3.63) is 100 Å². The Morgan fingerprint density at radius 1 is 0.912 bits per heavy atom. The van der Waals surface area contributed by atoms with Crippen molar-refractivity contribution < 1.29 is 4.74 Å². The average molecular weight is 447 g/mol. The van der Waals surface area contributed by atoms with Gasteiger partial charge in [-0.2, -0.15) is 5.26 Å². The molecule has 4 rings (SSSR count). The number of allylic oxidation sites excluding steroid dienone is 1. The molecule has 170 valence electrons. The van der Waals surface area contributed by atoms with Crippen LogP contribution in [0.3, 0.4) is 0 Å². The Morgan fingerprint density at radius 2 is 1.71 bits per heavy atom. The fourth-order valence-corrected chi connectivity index (χ4v) is 4.50. The first-order valence-corrected chi connectivity index (χ1v) is 11.8. The second-order valence-corrected chi connectivity index (χ2v) is 8.47. The molecule has 0 atom stereocenters. The van der Waals surface area contributed by atoms with Gasteiger partial charge >= 0.3 is 0 Å². The topological polar surface area (TPSA) is 59.0 Å². The van der Waals surface area contributed by atoms with Crippen LogP contribution in [0.1, 0.15) is 25.7 Å². The molecule has 0 aromatic heterocycles. The van der Waals surface area contributed by atoms with E-state index in [4.69, 9.17) is 10.5 Å². The molecule has 0 heterocycles. The third-order valence-corrected chi connectivity index (χ3v) is 6.24. The highest BCUT2D eigenvalue weighted by molar-refractivity contribution is 5.89. The lowest BCUT2D eigenvalue weighted by atomic mass is 9.98. The number of benzene rings is 4. The van der Waals surface area contributed by atoms with Crippen LogP contribution in [-0.2, 0) is 0 Å². The summed E-state index contributed by atoms with van der Waals surface area (Å²) in [5.74, 6) is 0.864. The summed E-state index contributed by atoms with van der Waals surface area (Å²) in [5.41, 5.74) is 6.53. The lowest BCUT2D eigenvalue weighted by Gasteiger charge is -2.09. The van der Waals surface area contributed by atoms with Gasteiger partial charge in [0.15, 0.2) is 0 Å². The van der Waals surface area contributed by atoms with Crippen LogP contribution in [0.15, 0.2) is 79.4 Å². The molecule has 34 heavy (non-hydrogen) atoms. The number of hydrogen-bond donors (Lipinski definition) is 1. The molecule has 0 aliphatic rings. The molecule has 3 nitrogen and oxygen atoms in total. The number of fused-ring (bicyclic) bond motifs is 2. The highest BCUT2D eigenvalue weighted by Gasteiger charge is 2.06. The summed E-state index contributed by atoms with van der Waals surface area (Å²) in [4.78, 5) is 0. The van der Waals surface area contributed by atoms with Crippen LogP contribution >= 0.6 is 0 Å². The second kappa shape index (κ2) is 10.8. The van der Waals surface area contributed by atoms with Crippen LogP contribution in [0, 0.1) is 21.8 Å². The Balaban J connectivity index is 1.96. The van der Waals surface area contributed by atoms with E-state index in [2.05, 4.69) is 55.6 Å². The van der Waals surface area contributed by atoms with Gasteiger partial charge in [-0.25, -0.2) is 0 Å². The van der Waals surface area contributed by atoms with Gasteiger partial charge in [-0.05, 0) is 80.2 Å². The van der Waals surface area contributed by atoms with Gasteiger partial charge in [0.2, 0.25) is 0 Å². The number of nitrogens with two attached hydrogens (primary N) is 1. The monoisotopic (exact) mass is 446 g/mol. The van der Waals surface area contributed by atoms with Crippen molar-refractivity contribution in [2.24, 2.45) is 5.73 Å². The molecule has 0 radical (unpaired) electrons. The van der Waals surface area contributed by atoms with Gasteiger partial charge in [0.05, 0.1) is 18.2 Å². The van der Waals surface area contributed by atoms with E-state index in [-0.39, 0.29) is 6.54 Å². The molecular formula is C31H30N2O. The number of nitrogens with zero attached hydrogens (tertiary/aromatic N) is 1. The van der Waals surface area contributed by atoms with Gasteiger partial charge in [-0.3, -0.25) is 0 Å². The molecule has 0 amide bonds. The molecule has 0 saturated heterocycles. The molecule has 2 N–H and O–H groups in total. The highest BCUT2D eigenvalue weighted by Crippen LogP contribution is 2.22. The van der Waals surface area contributed by atoms with E-state index in [1.165, 1.54) is 0 Å². The van der Waals surface area contributed by atoms with Crippen LogP contribution < -0.4 is 20.9 Å². The molecule has 0 unspecified atom stereocenters. The largest absolute Gasteiger partial charge is 0.494 e. The zero-order valence-corrected chi connectivity index (χ0v) is 19.5. The first-order chi connectivity index (χ1) is 16.7. The van der Waals surface area contributed by atoms with E-state index in [0.29, 0.717) is 12.2 Å². The SMILES string of the molecule is C=CCCCCCOc1ccc2/c(=c3/c(=C(/C#N)CN)ccc4ccccc34)c(=C)ccc2c1. The van der Waals surface area contributed by atoms with Crippen molar-refractivity contribution in [1.29, 1.82) is 5.26 Å².